The molecule has 1 N–H and O–H groups in total. The minimum Gasteiger partial charge on any atom is -0.497 e. The molecule has 0 spiro atoms. The largest absolute Gasteiger partial charge is 0.497 e. The smallest absolute Gasteiger partial charge is 0.331 e. The molecule has 34 heavy (non-hydrogen) atoms. The Morgan fingerprint density at radius 3 is 2.74 bits per heavy atom. The summed E-state index contributed by atoms with van der Waals surface area (Å²) in [6.07, 6.45) is 2.58. The van der Waals surface area contributed by atoms with E-state index in [-0.39, 0.29) is 11.4 Å². The van der Waals surface area contributed by atoms with Crippen LogP contribution in [0, 0.1) is 17.0 Å². The van der Waals surface area contributed by atoms with Crippen LogP contribution in [-0.4, -0.2) is 40.3 Å². The summed E-state index contributed by atoms with van der Waals surface area (Å²) in [7, 11) is 1.58. The first kappa shape index (κ1) is 24.5. The number of methoxy groups -OCH3 is 1. The number of ether oxygens (including phenoxy) is 2. The highest BCUT2D eigenvalue weighted by molar-refractivity contribution is 6.31. The number of aromatic nitrogens is 2. The van der Waals surface area contributed by atoms with E-state index < -0.39 is 23.4 Å². The Kier molecular flexibility index (Phi) is 7.99. The first-order valence-electron chi connectivity index (χ1n) is 10.0. The second-order valence-corrected chi connectivity index (χ2v) is 7.42. The van der Waals surface area contributed by atoms with Crippen LogP contribution in [0.25, 0.3) is 6.08 Å². The Balaban J connectivity index is 1.59. The lowest BCUT2D eigenvalue weighted by Crippen LogP contribution is -2.20. The monoisotopic (exact) mass is 484 g/mol. The average Bonchev–Trinajstić information content (AvgIpc) is 3.08. The number of esters is 1. The lowest BCUT2D eigenvalue weighted by Gasteiger charge is -2.06. The van der Waals surface area contributed by atoms with Gasteiger partial charge in [0.2, 0.25) is 0 Å². The van der Waals surface area contributed by atoms with E-state index >= 15 is 0 Å². The second kappa shape index (κ2) is 11.1. The number of amides is 1. The Labute approximate surface area is 199 Å². The maximum Gasteiger partial charge on any atom is 0.331 e. The molecule has 0 saturated heterocycles. The van der Waals surface area contributed by atoms with Gasteiger partial charge in [-0.25, -0.2) is 9.48 Å². The van der Waals surface area contributed by atoms with Crippen LogP contribution in [0.2, 0.25) is 5.15 Å². The molecule has 0 aliphatic rings. The number of nitrogens with one attached hydrogen (secondary N) is 1. The average molecular weight is 485 g/mol. The molecule has 11 heteroatoms. The summed E-state index contributed by atoms with van der Waals surface area (Å²) in [5.41, 5.74) is 1.81. The van der Waals surface area contributed by atoms with Gasteiger partial charge in [0.1, 0.15) is 16.6 Å². The van der Waals surface area contributed by atoms with Crippen molar-refractivity contribution in [3.8, 4) is 5.75 Å². The number of halogens is 1. The molecule has 3 rings (SSSR count). The first-order chi connectivity index (χ1) is 16.3. The Bertz CT molecular complexity index is 1250. The number of carbonyl (C=O) groups excluding carboxylic acids is 2. The molecule has 176 valence electrons. The third-order valence-electron chi connectivity index (χ3n) is 4.68. The Morgan fingerprint density at radius 1 is 1.24 bits per heavy atom. The van der Waals surface area contributed by atoms with E-state index in [2.05, 4.69) is 10.4 Å². The molecule has 10 nitrogen and oxygen atoms in total. The molecule has 1 aromatic heterocycles. The molecule has 0 atom stereocenters. The summed E-state index contributed by atoms with van der Waals surface area (Å²) in [5.74, 6) is -0.781. The molecule has 0 aliphatic heterocycles. The van der Waals surface area contributed by atoms with Crippen molar-refractivity contribution in [2.24, 2.45) is 0 Å². The number of carbonyl (C=O) groups is 2. The highest BCUT2D eigenvalue weighted by atomic mass is 35.5. The van der Waals surface area contributed by atoms with Crippen LogP contribution in [0.3, 0.4) is 0 Å². The van der Waals surface area contributed by atoms with Crippen molar-refractivity contribution in [2.45, 2.75) is 13.5 Å². The standard InChI is InChI=1S/C23H21ClN4O6/c1-15-18(23(24)27(26-15)13-16-6-5-7-17(12-16)33-2)10-11-22(30)34-14-21(29)25-19-8-3-4-9-20(19)28(31)32/h3-12H,13-14H2,1-2H3,(H,25,29)/b11-10+. The van der Waals surface area contributed by atoms with Gasteiger partial charge in [0.25, 0.3) is 11.6 Å². The number of nitrogens with zero attached hydrogens (tertiary/aromatic N) is 3. The molecule has 1 amide bonds. The second-order valence-electron chi connectivity index (χ2n) is 7.06. The molecule has 0 fully saturated rings. The number of hydrogen-bond donors (Lipinski definition) is 1. The highest BCUT2D eigenvalue weighted by Crippen LogP contribution is 2.24. The van der Waals surface area contributed by atoms with Gasteiger partial charge in [-0.1, -0.05) is 35.9 Å². The van der Waals surface area contributed by atoms with E-state index in [4.69, 9.17) is 21.1 Å². The molecule has 0 saturated carbocycles. The molecule has 3 aromatic rings. The maximum atomic E-state index is 12.1. The van der Waals surface area contributed by atoms with Gasteiger partial charge in [0.05, 0.1) is 24.3 Å². The van der Waals surface area contributed by atoms with E-state index in [9.17, 15) is 19.7 Å². The summed E-state index contributed by atoms with van der Waals surface area (Å²) < 4.78 is 11.7. The van der Waals surface area contributed by atoms with E-state index in [1.165, 1.54) is 30.3 Å². The lowest BCUT2D eigenvalue weighted by atomic mass is 10.2. The van der Waals surface area contributed by atoms with Crippen molar-refractivity contribution in [2.75, 3.05) is 19.0 Å². The zero-order valence-corrected chi connectivity index (χ0v) is 19.1. The molecule has 0 unspecified atom stereocenters. The van der Waals surface area contributed by atoms with Crippen molar-refractivity contribution in [3.05, 3.63) is 86.7 Å². The van der Waals surface area contributed by atoms with Gasteiger partial charge in [-0.2, -0.15) is 5.10 Å². The van der Waals surface area contributed by atoms with Gasteiger partial charge in [-0.3, -0.25) is 14.9 Å². The predicted molar refractivity (Wildman–Crippen MR) is 126 cm³/mol. The van der Waals surface area contributed by atoms with E-state index in [1.807, 2.05) is 24.3 Å². The van der Waals surface area contributed by atoms with E-state index in [1.54, 1.807) is 18.7 Å². The van der Waals surface area contributed by atoms with Crippen molar-refractivity contribution in [1.82, 2.24) is 9.78 Å². The first-order valence-corrected chi connectivity index (χ1v) is 10.4. The van der Waals surface area contributed by atoms with E-state index in [0.717, 1.165) is 11.6 Å². The fourth-order valence-corrected chi connectivity index (χ4v) is 3.36. The van der Waals surface area contributed by atoms with Crippen LogP contribution >= 0.6 is 11.6 Å². The maximum absolute atomic E-state index is 12.1. The highest BCUT2D eigenvalue weighted by Gasteiger charge is 2.16. The molecular formula is C23H21ClN4O6. The number of benzene rings is 2. The summed E-state index contributed by atoms with van der Waals surface area (Å²) in [4.78, 5) is 34.5. The van der Waals surface area contributed by atoms with Gasteiger partial charge in [-0.15, -0.1) is 0 Å². The van der Waals surface area contributed by atoms with Crippen LogP contribution in [0.15, 0.2) is 54.6 Å². The third kappa shape index (κ3) is 6.20. The predicted octanol–water partition coefficient (Wildman–Crippen LogP) is 4.01. The molecule has 0 bridgehead atoms. The molecule has 0 aliphatic carbocycles. The van der Waals surface area contributed by atoms with Crippen LogP contribution in [0.5, 0.6) is 5.75 Å². The van der Waals surface area contributed by atoms with Crippen molar-refractivity contribution in [1.29, 1.82) is 0 Å². The van der Waals surface area contributed by atoms with Gasteiger partial charge in [0, 0.05) is 17.7 Å². The van der Waals surface area contributed by atoms with Gasteiger partial charge in [-0.05, 0) is 36.8 Å². The molecule has 1 heterocycles. The van der Waals surface area contributed by atoms with Crippen LogP contribution in [0.4, 0.5) is 11.4 Å². The summed E-state index contributed by atoms with van der Waals surface area (Å²) in [6.45, 7) is 1.54. The fraction of sp³-hybridized carbons (Fsp3) is 0.174. The number of para-hydroxylation sites is 2. The SMILES string of the molecule is COc1cccc(Cn2nc(C)c(/C=C/C(=O)OCC(=O)Nc3ccccc3[N+](=O)[O-])c2Cl)c1. The van der Waals surface area contributed by atoms with Crippen LogP contribution in [0.1, 0.15) is 16.8 Å². The summed E-state index contributed by atoms with van der Waals surface area (Å²) in [5, 5.41) is 18.1. The van der Waals surface area contributed by atoms with Gasteiger partial charge < -0.3 is 14.8 Å². The number of nitro benzene ring substituents is 1. The molecular weight excluding hydrogens is 464 g/mol. The minimum atomic E-state index is -0.784. The van der Waals surface area contributed by atoms with E-state index in [0.29, 0.717) is 28.7 Å². The Hall–Kier alpha value is -4.18. The summed E-state index contributed by atoms with van der Waals surface area (Å²) in [6, 6.07) is 13.1. The minimum absolute atomic E-state index is 0.00921. The van der Waals surface area contributed by atoms with Crippen molar-refractivity contribution in [3.63, 3.8) is 0 Å². The van der Waals surface area contributed by atoms with Crippen molar-refractivity contribution >= 4 is 40.9 Å². The number of aryl methyl sites for hydroxylation is 1. The fourth-order valence-electron chi connectivity index (χ4n) is 3.07. The Morgan fingerprint density at radius 2 is 2.00 bits per heavy atom. The lowest BCUT2D eigenvalue weighted by molar-refractivity contribution is -0.383. The number of rotatable bonds is 9. The topological polar surface area (TPSA) is 126 Å². The third-order valence-corrected chi connectivity index (χ3v) is 5.08. The quantitative estimate of drug-likeness (QED) is 0.210. The summed E-state index contributed by atoms with van der Waals surface area (Å²) >= 11 is 6.44. The van der Waals surface area contributed by atoms with Gasteiger partial charge in [0.15, 0.2) is 6.61 Å². The normalized spacial score (nSPS) is 10.8. The van der Waals surface area contributed by atoms with Gasteiger partial charge >= 0.3 is 5.97 Å². The van der Waals surface area contributed by atoms with Crippen LogP contribution in [-0.2, 0) is 20.9 Å². The zero-order valence-electron chi connectivity index (χ0n) is 18.4. The van der Waals surface area contributed by atoms with Crippen LogP contribution < -0.4 is 10.1 Å². The number of nitro groups is 1. The van der Waals surface area contributed by atoms with Crippen molar-refractivity contribution < 1.29 is 24.0 Å². The number of hydrogen-bond acceptors (Lipinski definition) is 7. The molecule has 0 radical (unpaired) electrons. The number of anilines is 1. The molecule has 2 aromatic carbocycles. The zero-order chi connectivity index (χ0) is 24.7.